The van der Waals surface area contributed by atoms with Crippen LogP contribution in [0.1, 0.15) is 21.5 Å². The van der Waals surface area contributed by atoms with E-state index in [1.54, 1.807) is 60.7 Å². The second-order valence-electron chi connectivity index (χ2n) is 6.55. The average molecular weight is 515 g/mol. The van der Waals surface area contributed by atoms with Gasteiger partial charge in [0.05, 0.1) is 16.8 Å². The summed E-state index contributed by atoms with van der Waals surface area (Å²) < 4.78 is 6.20. The molecule has 0 fully saturated rings. The summed E-state index contributed by atoms with van der Waals surface area (Å²) in [6.45, 7) is 1.81. The highest BCUT2D eigenvalue weighted by Crippen LogP contribution is 2.20. The SMILES string of the molecule is Cc1cc(Br)ccc1NC(=O)C(=O)NN=Cc1cccc(OC(=O)c2ccccc2Cl)c1. The van der Waals surface area contributed by atoms with Crippen LogP contribution in [0.15, 0.2) is 76.3 Å². The van der Waals surface area contributed by atoms with E-state index in [0.29, 0.717) is 11.3 Å². The Balaban J connectivity index is 1.58. The van der Waals surface area contributed by atoms with E-state index in [9.17, 15) is 14.4 Å². The Morgan fingerprint density at radius 3 is 2.53 bits per heavy atom. The molecule has 0 heterocycles. The zero-order valence-electron chi connectivity index (χ0n) is 16.8. The van der Waals surface area contributed by atoms with Crippen molar-refractivity contribution in [3.8, 4) is 5.75 Å². The number of ether oxygens (including phenoxy) is 1. The van der Waals surface area contributed by atoms with E-state index in [1.165, 1.54) is 6.21 Å². The first-order valence-electron chi connectivity index (χ1n) is 9.31. The van der Waals surface area contributed by atoms with Gasteiger partial charge in [-0.1, -0.05) is 51.8 Å². The third-order valence-corrected chi connectivity index (χ3v) is 5.01. The molecule has 162 valence electrons. The van der Waals surface area contributed by atoms with Crippen molar-refractivity contribution in [3.63, 3.8) is 0 Å². The predicted octanol–water partition coefficient (Wildman–Crippen LogP) is 4.72. The molecule has 3 rings (SSSR count). The van der Waals surface area contributed by atoms with Crippen molar-refractivity contribution >= 4 is 57.2 Å². The summed E-state index contributed by atoms with van der Waals surface area (Å²) in [5, 5.41) is 6.59. The lowest BCUT2D eigenvalue weighted by molar-refractivity contribution is -0.136. The van der Waals surface area contributed by atoms with Gasteiger partial charge in [-0.25, -0.2) is 10.2 Å². The van der Waals surface area contributed by atoms with Crippen LogP contribution in [0.25, 0.3) is 0 Å². The summed E-state index contributed by atoms with van der Waals surface area (Å²) in [4.78, 5) is 36.3. The minimum atomic E-state index is -0.926. The Morgan fingerprint density at radius 2 is 1.78 bits per heavy atom. The van der Waals surface area contributed by atoms with Crippen molar-refractivity contribution in [2.24, 2.45) is 5.10 Å². The standard InChI is InChI=1S/C23H17BrClN3O4/c1-14-11-16(24)9-10-20(14)27-21(29)22(30)28-26-13-15-5-4-6-17(12-15)32-23(31)18-7-2-3-8-19(18)25/h2-13H,1H3,(H,27,29)(H,28,30). The third-order valence-electron chi connectivity index (χ3n) is 4.19. The lowest BCUT2D eigenvalue weighted by Crippen LogP contribution is -2.32. The molecule has 0 aliphatic heterocycles. The number of nitrogens with one attached hydrogen (secondary N) is 2. The number of hydrogen-bond donors (Lipinski definition) is 2. The Morgan fingerprint density at radius 1 is 1.00 bits per heavy atom. The first-order chi connectivity index (χ1) is 15.3. The molecular weight excluding hydrogens is 498 g/mol. The van der Waals surface area contributed by atoms with Gasteiger partial charge in [-0.05, 0) is 60.5 Å². The maximum Gasteiger partial charge on any atom is 0.345 e. The van der Waals surface area contributed by atoms with Gasteiger partial charge < -0.3 is 10.1 Å². The van der Waals surface area contributed by atoms with Crippen LogP contribution in [0.4, 0.5) is 5.69 Å². The van der Waals surface area contributed by atoms with E-state index in [1.807, 2.05) is 13.0 Å². The van der Waals surface area contributed by atoms with Gasteiger partial charge in [0.1, 0.15) is 5.75 Å². The molecular formula is C23H17BrClN3O4. The van der Waals surface area contributed by atoms with Crippen LogP contribution in [-0.4, -0.2) is 24.0 Å². The molecule has 9 heteroatoms. The van der Waals surface area contributed by atoms with Gasteiger partial charge >= 0.3 is 17.8 Å². The minimum absolute atomic E-state index is 0.243. The molecule has 0 unspecified atom stereocenters. The quantitative estimate of drug-likeness (QED) is 0.169. The van der Waals surface area contributed by atoms with Gasteiger partial charge in [0, 0.05) is 10.2 Å². The molecule has 0 bridgehead atoms. The number of anilines is 1. The smallest absolute Gasteiger partial charge is 0.345 e. The molecule has 0 aromatic heterocycles. The highest BCUT2D eigenvalue weighted by atomic mass is 79.9. The maximum atomic E-state index is 12.3. The minimum Gasteiger partial charge on any atom is -0.423 e. The van der Waals surface area contributed by atoms with Crippen LogP contribution in [-0.2, 0) is 9.59 Å². The first-order valence-corrected chi connectivity index (χ1v) is 10.5. The Kier molecular flexibility index (Phi) is 7.75. The van der Waals surface area contributed by atoms with E-state index >= 15 is 0 Å². The number of carbonyl (C=O) groups excluding carboxylic acids is 3. The number of carbonyl (C=O) groups is 3. The van der Waals surface area contributed by atoms with E-state index < -0.39 is 17.8 Å². The lowest BCUT2D eigenvalue weighted by atomic mass is 10.2. The number of amides is 2. The number of halogens is 2. The van der Waals surface area contributed by atoms with Crippen LogP contribution in [0.3, 0.4) is 0 Å². The molecule has 0 aliphatic carbocycles. The molecule has 0 radical (unpaired) electrons. The number of esters is 1. The van der Waals surface area contributed by atoms with Crippen molar-refractivity contribution in [1.29, 1.82) is 0 Å². The lowest BCUT2D eigenvalue weighted by Gasteiger charge is -2.07. The fourth-order valence-electron chi connectivity index (χ4n) is 2.61. The summed E-state index contributed by atoms with van der Waals surface area (Å²) in [7, 11) is 0. The fraction of sp³-hybridized carbons (Fsp3) is 0.0435. The number of rotatable bonds is 5. The molecule has 0 aliphatic rings. The summed E-state index contributed by atoms with van der Waals surface area (Å²) in [6.07, 6.45) is 1.32. The van der Waals surface area contributed by atoms with Crippen LogP contribution < -0.4 is 15.5 Å². The third kappa shape index (κ3) is 6.26. The molecule has 3 aromatic carbocycles. The molecule has 0 atom stereocenters. The largest absolute Gasteiger partial charge is 0.423 e. The van der Waals surface area contributed by atoms with Gasteiger partial charge in [-0.15, -0.1) is 0 Å². The van der Waals surface area contributed by atoms with Crippen LogP contribution >= 0.6 is 27.5 Å². The molecule has 2 N–H and O–H groups in total. The molecule has 2 amide bonds. The zero-order valence-corrected chi connectivity index (χ0v) is 19.1. The van der Waals surface area contributed by atoms with Crippen LogP contribution in [0.2, 0.25) is 5.02 Å². The van der Waals surface area contributed by atoms with Gasteiger partial charge in [0.2, 0.25) is 0 Å². The highest BCUT2D eigenvalue weighted by Gasteiger charge is 2.14. The second-order valence-corrected chi connectivity index (χ2v) is 7.88. The van der Waals surface area contributed by atoms with E-state index in [2.05, 4.69) is 31.8 Å². The highest BCUT2D eigenvalue weighted by molar-refractivity contribution is 9.10. The number of nitrogens with zero attached hydrogens (tertiary/aromatic N) is 1. The Hall–Kier alpha value is -3.49. The number of hydrogen-bond acceptors (Lipinski definition) is 5. The monoisotopic (exact) mass is 513 g/mol. The van der Waals surface area contributed by atoms with E-state index in [0.717, 1.165) is 10.0 Å². The van der Waals surface area contributed by atoms with E-state index in [4.69, 9.17) is 16.3 Å². The number of hydrazone groups is 1. The first kappa shape index (κ1) is 23.2. The molecule has 0 saturated heterocycles. The zero-order chi connectivity index (χ0) is 23.1. The summed E-state index contributed by atoms with van der Waals surface area (Å²) in [5.74, 6) is -2.11. The predicted molar refractivity (Wildman–Crippen MR) is 126 cm³/mol. The van der Waals surface area contributed by atoms with Crippen molar-refractivity contribution in [1.82, 2.24) is 5.43 Å². The molecule has 0 spiro atoms. The fourth-order valence-corrected chi connectivity index (χ4v) is 3.30. The summed E-state index contributed by atoms with van der Waals surface area (Å²) in [5.41, 5.74) is 4.26. The van der Waals surface area contributed by atoms with Crippen LogP contribution in [0.5, 0.6) is 5.75 Å². The van der Waals surface area contributed by atoms with Crippen molar-refractivity contribution in [2.45, 2.75) is 6.92 Å². The van der Waals surface area contributed by atoms with Gasteiger partial charge in [-0.3, -0.25) is 9.59 Å². The summed E-state index contributed by atoms with van der Waals surface area (Å²) >= 11 is 9.35. The van der Waals surface area contributed by atoms with Gasteiger partial charge in [-0.2, -0.15) is 5.10 Å². The van der Waals surface area contributed by atoms with E-state index in [-0.39, 0.29) is 16.3 Å². The molecule has 32 heavy (non-hydrogen) atoms. The molecule has 7 nitrogen and oxygen atoms in total. The maximum absolute atomic E-state index is 12.3. The summed E-state index contributed by atoms with van der Waals surface area (Å²) in [6, 6.07) is 18.3. The van der Waals surface area contributed by atoms with Gasteiger partial charge in [0.25, 0.3) is 0 Å². The Bertz CT molecular complexity index is 1210. The number of benzene rings is 3. The van der Waals surface area contributed by atoms with Crippen molar-refractivity contribution in [3.05, 3.63) is 92.9 Å². The van der Waals surface area contributed by atoms with Gasteiger partial charge in [0.15, 0.2) is 0 Å². The molecule has 3 aromatic rings. The van der Waals surface area contributed by atoms with Crippen LogP contribution in [0, 0.1) is 6.92 Å². The van der Waals surface area contributed by atoms with Crippen molar-refractivity contribution < 1.29 is 19.1 Å². The second kappa shape index (κ2) is 10.7. The number of aryl methyl sites for hydroxylation is 1. The Labute approximate surface area is 197 Å². The topological polar surface area (TPSA) is 96.9 Å². The normalized spacial score (nSPS) is 10.6. The van der Waals surface area contributed by atoms with Crippen molar-refractivity contribution in [2.75, 3.05) is 5.32 Å². The molecule has 0 saturated carbocycles. The average Bonchev–Trinajstić information content (AvgIpc) is 2.76.